The molecule has 1 fully saturated rings. The Kier molecular flexibility index (Phi) is 7.01. The highest BCUT2D eigenvalue weighted by atomic mass is 16.5. The minimum atomic E-state index is -0.596. The smallest absolute Gasteiger partial charge is 0.291 e. The summed E-state index contributed by atoms with van der Waals surface area (Å²) in [7, 11) is 1.60. The first-order valence-corrected chi connectivity index (χ1v) is 12.8. The first-order chi connectivity index (χ1) is 17.5. The van der Waals surface area contributed by atoms with Gasteiger partial charge in [0.2, 0.25) is 5.76 Å². The lowest BCUT2D eigenvalue weighted by atomic mass is 9.97. The van der Waals surface area contributed by atoms with Gasteiger partial charge >= 0.3 is 0 Å². The van der Waals surface area contributed by atoms with Gasteiger partial charge in [-0.1, -0.05) is 37.5 Å². The fraction of sp³-hybridized carbons (Fsp3) is 0.448. The Morgan fingerprint density at radius 1 is 1.08 bits per heavy atom. The molecule has 0 N–H and O–H groups in total. The average molecular weight is 492 g/mol. The molecule has 1 aromatic heterocycles. The second kappa shape index (κ2) is 10.3. The number of nitrogens with zero attached hydrogens (tertiary/aromatic N) is 1. The summed E-state index contributed by atoms with van der Waals surface area (Å²) in [6.07, 6.45) is 4.95. The zero-order valence-electron chi connectivity index (χ0n) is 21.2. The normalized spacial score (nSPS) is 19.2. The first kappa shape index (κ1) is 24.4. The van der Waals surface area contributed by atoms with Crippen LogP contribution in [-0.4, -0.2) is 43.8 Å². The number of fused-ring (bicyclic) bond motifs is 2. The van der Waals surface area contributed by atoms with Crippen molar-refractivity contribution in [3.05, 3.63) is 69.1 Å². The molecule has 3 heterocycles. The van der Waals surface area contributed by atoms with Crippen LogP contribution in [0.3, 0.4) is 0 Å². The molecular weight excluding hydrogens is 458 g/mol. The molecule has 7 nitrogen and oxygen atoms in total. The van der Waals surface area contributed by atoms with E-state index < -0.39 is 6.04 Å². The fourth-order valence-corrected chi connectivity index (χ4v) is 5.18. The minimum absolute atomic E-state index is 0.0689. The lowest BCUT2D eigenvalue weighted by molar-refractivity contribution is 0.0486. The van der Waals surface area contributed by atoms with Crippen LogP contribution < -0.4 is 14.9 Å². The van der Waals surface area contributed by atoms with Crippen molar-refractivity contribution in [3.8, 4) is 11.5 Å². The summed E-state index contributed by atoms with van der Waals surface area (Å²) in [6.45, 7) is 5.76. The number of amides is 1. The number of hydrogen-bond acceptors (Lipinski definition) is 6. The van der Waals surface area contributed by atoms with Gasteiger partial charge in [0.05, 0.1) is 36.8 Å². The van der Waals surface area contributed by atoms with Gasteiger partial charge in [-0.3, -0.25) is 9.59 Å². The zero-order valence-corrected chi connectivity index (χ0v) is 21.2. The van der Waals surface area contributed by atoms with Gasteiger partial charge < -0.3 is 23.5 Å². The van der Waals surface area contributed by atoms with Crippen LogP contribution >= 0.6 is 0 Å². The third kappa shape index (κ3) is 4.48. The quantitative estimate of drug-likeness (QED) is 0.373. The highest BCUT2D eigenvalue weighted by molar-refractivity contribution is 5.99. The summed E-state index contributed by atoms with van der Waals surface area (Å²) in [5, 5.41) is 0.480. The summed E-state index contributed by atoms with van der Waals surface area (Å²) >= 11 is 0. The van der Waals surface area contributed by atoms with Gasteiger partial charge in [-0.2, -0.15) is 0 Å². The molecule has 190 valence electrons. The molecule has 0 radical (unpaired) electrons. The van der Waals surface area contributed by atoms with E-state index in [4.69, 9.17) is 18.6 Å². The number of ether oxygens (including phenoxy) is 3. The molecule has 1 amide bonds. The fourth-order valence-electron chi connectivity index (χ4n) is 5.18. The summed E-state index contributed by atoms with van der Waals surface area (Å²) in [5.41, 5.74) is 2.34. The van der Waals surface area contributed by atoms with Gasteiger partial charge in [0.15, 0.2) is 16.9 Å². The van der Waals surface area contributed by atoms with E-state index in [1.165, 1.54) is 0 Å². The lowest BCUT2D eigenvalue weighted by Crippen LogP contribution is -2.36. The number of aryl methyl sites for hydroxylation is 1. The summed E-state index contributed by atoms with van der Waals surface area (Å²) in [4.78, 5) is 29.1. The topological polar surface area (TPSA) is 78.2 Å². The molecule has 2 atom stereocenters. The number of rotatable bonds is 9. The number of methoxy groups -OCH3 is 1. The van der Waals surface area contributed by atoms with Gasteiger partial charge in [0.25, 0.3) is 5.91 Å². The van der Waals surface area contributed by atoms with Gasteiger partial charge in [-0.25, -0.2) is 0 Å². The van der Waals surface area contributed by atoms with E-state index in [1.807, 2.05) is 37.3 Å². The molecule has 7 heteroatoms. The van der Waals surface area contributed by atoms with Gasteiger partial charge in [0.1, 0.15) is 5.58 Å². The van der Waals surface area contributed by atoms with Crippen LogP contribution in [0.25, 0.3) is 11.0 Å². The van der Waals surface area contributed by atoms with E-state index in [9.17, 15) is 9.59 Å². The van der Waals surface area contributed by atoms with Gasteiger partial charge in [-0.05, 0) is 56.0 Å². The molecule has 2 aliphatic rings. The van der Waals surface area contributed by atoms with Crippen LogP contribution in [0, 0.1) is 6.92 Å². The molecule has 36 heavy (non-hydrogen) atoms. The van der Waals surface area contributed by atoms with E-state index in [2.05, 4.69) is 6.92 Å². The van der Waals surface area contributed by atoms with E-state index in [-0.39, 0.29) is 23.2 Å². The number of unbranched alkanes of at least 4 members (excludes halogenated alkanes) is 2. The molecule has 0 aliphatic carbocycles. The van der Waals surface area contributed by atoms with Crippen molar-refractivity contribution in [1.82, 2.24) is 4.90 Å². The second-order valence-electron chi connectivity index (χ2n) is 9.63. The van der Waals surface area contributed by atoms with Crippen molar-refractivity contribution in [3.63, 3.8) is 0 Å². The molecular formula is C29H33NO6. The van der Waals surface area contributed by atoms with Crippen molar-refractivity contribution in [2.24, 2.45) is 0 Å². The highest BCUT2D eigenvalue weighted by Crippen LogP contribution is 2.41. The Balaban J connectivity index is 1.59. The maximum absolute atomic E-state index is 13.8. The van der Waals surface area contributed by atoms with Crippen LogP contribution in [0.15, 0.2) is 45.6 Å². The molecule has 1 saturated heterocycles. The van der Waals surface area contributed by atoms with E-state index in [0.717, 1.165) is 43.2 Å². The predicted molar refractivity (Wildman–Crippen MR) is 137 cm³/mol. The maximum atomic E-state index is 13.8. The third-order valence-electron chi connectivity index (χ3n) is 7.05. The Morgan fingerprint density at radius 3 is 2.69 bits per heavy atom. The third-order valence-corrected chi connectivity index (χ3v) is 7.05. The van der Waals surface area contributed by atoms with E-state index in [0.29, 0.717) is 47.8 Å². The van der Waals surface area contributed by atoms with Crippen LogP contribution in [0.5, 0.6) is 11.5 Å². The molecule has 5 rings (SSSR count). The van der Waals surface area contributed by atoms with E-state index in [1.54, 1.807) is 18.1 Å². The standard InChI is InChI=1S/C29H33NO6/c1-4-5-6-13-35-23-12-10-19(16-24(23)33-3)26-25-27(31)21-15-18(2)9-11-22(21)36-28(25)29(32)30(26)17-20-8-7-14-34-20/h9-12,15-16,20,26H,4-8,13-14,17H2,1-3H3. The molecule has 2 unspecified atom stereocenters. The molecule has 0 saturated carbocycles. The number of carbonyl (C=O) groups excluding carboxylic acids is 1. The van der Waals surface area contributed by atoms with Crippen molar-refractivity contribution >= 4 is 16.9 Å². The molecule has 0 bridgehead atoms. The average Bonchev–Trinajstić information content (AvgIpc) is 3.49. The number of benzene rings is 2. The second-order valence-corrected chi connectivity index (χ2v) is 9.63. The minimum Gasteiger partial charge on any atom is -0.493 e. The van der Waals surface area contributed by atoms with Gasteiger partial charge in [0, 0.05) is 13.2 Å². The Labute approximate surface area is 210 Å². The maximum Gasteiger partial charge on any atom is 0.291 e. The summed E-state index contributed by atoms with van der Waals surface area (Å²) in [5.74, 6) is 1.04. The Morgan fingerprint density at radius 2 is 1.94 bits per heavy atom. The van der Waals surface area contributed by atoms with Crippen LogP contribution in [0.2, 0.25) is 0 Å². The molecule has 2 aromatic carbocycles. The first-order valence-electron chi connectivity index (χ1n) is 12.8. The molecule has 0 spiro atoms. The predicted octanol–water partition coefficient (Wildman–Crippen LogP) is 5.40. The monoisotopic (exact) mass is 491 g/mol. The van der Waals surface area contributed by atoms with Crippen molar-refractivity contribution in [2.45, 2.75) is 58.1 Å². The molecule has 2 aliphatic heterocycles. The number of carbonyl (C=O) groups is 1. The number of hydrogen-bond donors (Lipinski definition) is 0. The van der Waals surface area contributed by atoms with Crippen LogP contribution in [0.4, 0.5) is 0 Å². The highest BCUT2D eigenvalue weighted by Gasteiger charge is 2.44. The lowest BCUT2D eigenvalue weighted by Gasteiger charge is -2.28. The zero-order chi connectivity index (χ0) is 25.2. The SMILES string of the molecule is CCCCCOc1ccc(C2c3c(oc4ccc(C)cc4c3=O)C(=O)N2CC2CCCO2)cc1OC. The van der Waals surface area contributed by atoms with Gasteiger partial charge in [-0.15, -0.1) is 0 Å². The summed E-state index contributed by atoms with van der Waals surface area (Å²) < 4.78 is 23.5. The van der Waals surface area contributed by atoms with Crippen LogP contribution in [-0.2, 0) is 4.74 Å². The Bertz CT molecular complexity index is 1320. The van der Waals surface area contributed by atoms with Crippen molar-refractivity contribution in [1.29, 1.82) is 0 Å². The Hall–Kier alpha value is -3.32. The van der Waals surface area contributed by atoms with Crippen molar-refractivity contribution in [2.75, 3.05) is 26.9 Å². The van der Waals surface area contributed by atoms with E-state index >= 15 is 0 Å². The van der Waals surface area contributed by atoms with Crippen LogP contribution in [0.1, 0.15) is 72.3 Å². The summed E-state index contributed by atoms with van der Waals surface area (Å²) in [6, 6.07) is 10.5. The largest absolute Gasteiger partial charge is 0.493 e. The van der Waals surface area contributed by atoms with Crippen molar-refractivity contribution < 1.29 is 23.4 Å². The molecule has 3 aromatic rings.